The van der Waals surface area contributed by atoms with Gasteiger partial charge in [0.1, 0.15) is 4.88 Å². The number of halogens is 1. The van der Waals surface area contributed by atoms with E-state index in [-0.39, 0.29) is 16.8 Å². The Balaban J connectivity index is 1.90. The Morgan fingerprint density at radius 3 is 2.69 bits per heavy atom. The van der Waals surface area contributed by atoms with Crippen molar-refractivity contribution < 1.29 is 14.0 Å². The molecule has 0 aliphatic heterocycles. The van der Waals surface area contributed by atoms with Crippen LogP contribution in [0.1, 0.15) is 25.9 Å². The van der Waals surface area contributed by atoms with Gasteiger partial charge in [-0.1, -0.05) is 33.3 Å². The lowest BCUT2D eigenvalue weighted by Crippen LogP contribution is -2.21. The number of amides is 2. The average molecular weight is 436 g/mol. The van der Waals surface area contributed by atoms with Crippen molar-refractivity contribution in [3.8, 4) is 0 Å². The first-order valence-corrected chi connectivity index (χ1v) is 9.11. The molecule has 0 fully saturated rings. The molecule has 2 amide bonds. The van der Waals surface area contributed by atoms with E-state index in [1.165, 1.54) is 11.0 Å². The topological polar surface area (TPSA) is 92.5 Å². The number of nitrogens with one attached hydrogen (secondary N) is 1. The van der Waals surface area contributed by atoms with Crippen LogP contribution < -0.4 is 10.9 Å². The highest BCUT2D eigenvalue weighted by Crippen LogP contribution is 2.24. The number of thiazole rings is 1. The van der Waals surface area contributed by atoms with Gasteiger partial charge in [-0.3, -0.25) is 14.9 Å². The monoisotopic (exact) mass is 435 g/mol. The summed E-state index contributed by atoms with van der Waals surface area (Å²) >= 11 is 4.36. The second-order valence-electron chi connectivity index (χ2n) is 5.72. The fraction of sp³-hybridized carbons (Fsp3) is 0.176. The lowest BCUT2D eigenvalue weighted by molar-refractivity contribution is 0.0831. The zero-order valence-corrected chi connectivity index (χ0v) is 16.5. The first-order chi connectivity index (χ1) is 12.3. The van der Waals surface area contributed by atoms with E-state index >= 15 is 0 Å². The second-order valence-corrected chi connectivity index (χ2v) is 7.63. The van der Waals surface area contributed by atoms with E-state index < -0.39 is 11.5 Å². The van der Waals surface area contributed by atoms with E-state index in [0.717, 1.165) is 15.8 Å². The molecular formula is C17H14BrN3O4S. The number of hydrogen-bond donors (Lipinski definition) is 1. The number of nitrogens with zero attached hydrogens (tertiary/aromatic N) is 2. The number of carbonyl (C=O) groups excluding carboxylic acids is 2. The molecule has 134 valence electrons. The molecule has 0 bridgehead atoms. The minimum absolute atomic E-state index is 0.127. The van der Waals surface area contributed by atoms with Gasteiger partial charge in [0.25, 0.3) is 11.8 Å². The Hall–Kier alpha value is -2.52. The number of fused-ring (bicyclic) bond motifs is 1. The van der Waals surface area contributed by atoms with Gasteiger partial charge in [0.2, 0.25) is 0 Å². The molecular weight excluding hydrogens is 422 g/mol. The van der Waals surface area contributed by atoms with Crippen molar-refractivity contribution >= 4 is 55.0 Å². The normalized spacial score (nSPS) is 10.8. The van der Waals surface area contributed by atoms with Crippen molar-refractivity contribution in [1.82, 2.24) is 9.88 Å². The van der Waals surface area contributed by atoms with Gasteiger partial charge in [-0.15, -0.1) is 0 Å². The number of benzene rings is 1. The van der Waals surface area contributed by atoms with Crippen molar-refractivity contribution in [1.29, 1.82) is 0 Å². The lowest BCUT2D eigenvalue weighted by atomic mass is 10.1. The minimum atomic E-state index is -0.607. The Bertz CT molecular complexity index is 1090. The molecule has 26 heavy (non-hydrogen) atoms. The molecule has 1 aromatic carbocycles. The Labute approximate surface area is 160 Å². The van der Waals surface area contributed by atoms with Crippen LogP contribution in [-0.4, -0.2) is 35.8 Å². The zero-order chi connectivity index (χ0) is 19.0. The standard InChI is InChI=1S/C17H14BrN3O4S/c1-8-13(15(23)21(2)3)26-17(19-8)20-14(22)12-6-9-4-5-10(18)7-11(9)16(24)25-12/h4-7H,1-3H3,(H,19,20,22). The van der Waals surface area contributed by atoms with Crippen LogP contribution >= 0.6 is 27.3 Å². The third-order valence-electron chi connectivity index (χ3n) is 3.57. The fourth-order valence-electron chi connectivity index (χ4n) is 2.28. The Morgan fingerprint density at radius 1 is 1.27 bits per heavy atom. The van der Waals surface area contributed by atoms with Crippen molar-refractivity contribution in [3.05, 3.63) is 55.5 Å². The maximum Gasteiger partial charge on any atom is 0.344 e. The largest absolute Gasteiger partial charge is 0.417 e. The van der Waals surface area contributed by atoms with E-state index in [0.29, 0.717) is 21.3 Å². The van der Waals surface area contributed by atoms with Gasteiger partial charge in [0.05, 0.1) is 11.1 Å². The van der Waals surface area contributed by atoms with Crippen molar-refractivity contribution in [2.24, 2.45) is 0 Å². The summed E-state index contributed by atoms with van der Waals surface area (Å²) in [7, 11) is 3.28. The Morgan fingerprint density at radius 2 is 2.00 bits per heavy atom. The fourth-order valence-corrected chi connectivity index (χ4v) is 3.62. The number of anilines is 1. The molecule has 7 nitrogen and oxygen atoms in total. The summed E-state index contributed by atoms with van der Waals surface area (Å²) in [5.41, 5.74) is -0.0819. The van der Waals surface area contributed by atoms with Crippen LogP contribution in [0.15, 0.2) is 37.9 Å². The molecule has 0 aliphatic carbocycles. The Kier molecular flexibility index (Phi) is 4.92. The van der Waals surface area contributed by atoms with Crippen LogP contribution in [0.5, 0.6) is 0 Å². The van der Waals surface area contributed by atoms with Crippen LogP contribution in [-0.2, 0) is 0 Å². The molecule has 0 atom stereocenters. The molecule has 0 saturated heterocycles. The summed E-state index contributed by atoms with van der Waals surface area (Å²) in [6, 6.07) is 6.61. The van der Waals surface area contributed by atoms with Gasteiger partial charge in [-0.25, -0.2) is 9.78 Å². The second kappa shape index (κ2) is 7.00. The quantitative estimate of drug-likeness (QED) is 0.681. The molecule has 0 aliphatic rings. The lowest BCUT2D eigenvalue weighted by Gasteiger charge is -2.07. The van der Waals surface area contributed by atoms with Gasteiger partial charge < -0.3 is 9.32 Å². The number of rotatable bonds is 3. The van der Waals surface area contributed by atoms with Crippen LogP contribution in [0, 0.1) is 6.92 Å². The third-order valence-corrected chi connectivity index (χ3v) is 5.12. The summed E-state index contributed by atoms with van der Waals surface area (Å²) in [5, 5.41) is 3.80. The first-order valence-electron chi connectivity index (χ1n) is 7.50. The van der Waals surface area contributed by atoms with E-state index in [2.05, 4.69) is 26.2 Å². The number of hydrogen-bond acceptors (Lipinski definition) is 6. The average Bonchev–Trinajstić information content (AvgIpc) is 2.94. The molecule has 3 aromatic rings. The molecule has 0 spiro atoms. The molecule has 9 heteroatoms. The van der Waals surface area contributed by atoms with Gasteiger partial charge in [0.15, 0.2) is 10.9 Å². The first kappa shape index (κ1) is 18.3. The van der Waals surface area contributed by atoms with Crippen LogP contribution in [0.3, 0.4) is 0 Å². The highest BCUT2D eigenvalue weighted by molar-refractivity contribution is 9.10. The predicted molar refractivity (Wildman–Crippen MR) is 103 cm³/mol. The van der Waals surface area contributed by atoms with Gasteiger partial charge in [-0.05, 0) is 30.5 Å². The summed E-state index contributed by atoms with van der Waals surface area (Å²) in [6.45, 7) is 1.69. The summed E-state index contributed by atoms with van der Waals surface area (Å²) in [6.07, 6.45) is 0. The van der Waals surface area contributed by atoms with Gasteiger partial charge in [0, 0.05) is 18.6 Å². The van der Waals surface area contributed by atoms with E-state index in [9.17, 15) is 14.4 Å². The van der Waals surface area contributed by atoms with Crippen molar-refractivity contribution in [3.63, 3.8) is 0 Å². The molecule has 0 saturated carbocycles. The van der Waals surface area contributed by atoms with Crippen molar-refractivity contribution in [2.75, 3.05) is 19.4 Å². The number of aromatic nitrogens is 1. The molecule has 0 unspecified atom stereocenters. The van der Waals surface area contributed by atoms with E-state index in [4.69, 9.17) is 4.42 Å². The maximum absolute atomic E-state index is 12.4. The molecule has 2 heterocycles. The van der Waals surface area contributed by atoms with Gasteiger partial charge >= 0.3 is 5.63 Å². The highest BCUT2D eigenvalue weighted by Gasteiger charge is 2.19. The highest BCUT2D eigenvalue weighted by atomic mass is 79.9. The SMILES string of the molecule is Cc1nc(NC(=O)c2cc3ccc(Br)cc3c(=O)o2)sc1C(=O)N(C)C. The van der Waals surface area contributed by atoms with Crippen LogP contribution in [0.4, 0.5) is 5.13 Å². The zero-order valence-electron chi connectivity index (χ0n) is 14.1. The summed E-state index contributed by atoms with van der Waals surface area (Å²) < 4.78 is 5.86. The molecule has 2 aromatic heterocycles. The number of aryl methyl sites for hydroxylation is 1. The minimum Gasteiger partial charge on any atom is -0.417 e. The maximum atomic E-state index is 12.4. The summed E-state index contributed by atoms with van der Waals surface area (Å²) in [4.78, 5) is 42.7. The molecule has 3 rings (SSSR count). The van der Waals surface area contributed by atoms with Crippen molar-refractivity contribution in [2.45, 2.75) is 6.92 Å². The smallest absolute Gasteiger partial charge is 0.344 e. The van der Waals surface area contributed by atoms with Crippen LogP contribution in [0.25, 0.3) is 10.8 Å². The van der Waals surface area contributed by atoms with Crippen LogP contribution in [0.2, 0.25) is 0 Å². The molecule has 0 radical (unpaired) electrons. The third kappa shape index (κ3) is 3.54. The van der Waals surface area contributed by atoms with Gasteiger partial charge in [-0.2, -0.15) is 0 Å². The predicted octanol–water partition coefficient (Wildman–Crippen LogP) is 3.27. The number of carbonyl (C=O) groups is 2. The van der Waals surface area contributed by atoms with E-state index in [1.54, 1.807) is 39.2 Å². The molecule has 1 N–H and O–H groups in total. The van der Waals surface area contributed by atoms with E-state index in [1.807, 2.05) is 0 Å². The summed E-state index contributed by atoms with van der Waals surface area (Å²) in [5.74, 6) is -0.925.